The van der Waals surface area contributed by atoms with E-state index in [-0.39, 0.29) is 31.6 Å². The van der Waals surface area contributed by atoms with Crippen LogP contribution in [-0.2, 0) is 30.2 Å². The van der Waals surface area contributed by atoms with Gasteiger partial charge in [-0.15, -0.1) is 0 Å². The van der Waals surface area contributed by atoms with E-state index in [1.54, 1.807) is 32.7 Å². The molecule has 2 rings (SSSR count). The van der Waals surface area contributed by atoms with Crippen LogP contribution in [0.4, 0.5) is 9.59 Å². The zero-order chi connectivity index (χ0) is 33.4. The highest BCUT2D eigenvalue weighted by molar-refractivity contribution is 5.88. The van der Waals surface area contributed by atoms with Crippen LogP contribution in [0.1, 0.15) is 66.4 Å². The molecule has 45 heavy (non-hydrogen) atoms. The van der Waals surface area contributed by atoms with Gasteiger partial charge in [-0.05, 0) is 56.9 Å². The molecule has 0 aliphatic carbocycles. The van der Waals surface area contributed by atoms with Gasteiger partial charge in [-0.3, -0.25) is 20.3 Å². The fraction of sp³-hybridized carbons (Fsp3) is 0.688. The van der Waals surface area contributed by atoms with Crippen LogP contribution < -0.4 is 21.4 Å². The van der Waals surface area contributed by atoms with Gasteiger partial charge in [-0.1, -0.05) is 58.0 Å². The van der Waals surface area contributed by atoms with E-state index in [1.807, 2.05) is 44.2 Å². The SMILES string of the molecule is CCOC(=O)N[C@H](C(=O)NN(CC1CCOCC1)C[C@H](CCc1ccccc1)NC(=O)[C@@](O)(NC(=O)OCC)C(C)C)C(C)C. The number of rotatable bonds is 17. The summed E-state index contributed by atoms with van der Waals surface area (Å²) in [6, 6.07) is 8.35. The molecule has 1 heterocycles. The van der Waals surface area contributed by atoms with Gasteiger partial charge in [0.1, 0.15) is 6.04 Å². The zero-order valence-electron chi connectivity index (χ0n) is 27.6. The van der Waals surface area contributed by atoms with Crippen molar-refractivity contribution in [2.24, 2.45) is 17.8 Å². The number of carbonyl (C=O) groups excluding carboxylic acids is 4. The fourth-order valence-electron chi connectivity index (χ4n) is 5.01. The van der Waals surface area contributed by atoms with Crippen LogP contribution in [0.3, 0.4) is 0 Å². The fourth-order valence-corrected chi connectivity index (χ4v) is 5.01. The first-order chi connectivity index (χ1) is 21.4. The van der Waals surface area contributed by atoms with Gasteiger partial charge in [0.15, 0.2) is 0 Å². The summed E-state index contributed by atoms with van der Waals surface area (Å²) in [5.41, 5.74) is 1.80. The lowest BCUT2D eigenvalue weighted by Crippen LogP contribution is -2.65. The van der Waals surface area contributed by atoms with E-state index in [2.05, 4.69) is 21.4 Å². The van der Waals surface area contributed by atoms with Gasteiger partial charge in [-0.2, -0.15) is 0 Å². The van der Waals surface area contributed by atoms with Crippen LogP contribution in [0.15, 0.2) is 30.3 Å². The number of aliphatic hydroxyl groups is 1. The van der Waals surface area contributed by atoms with E-state index in [4.69, 9.17) is 14.2 Å². The number of hydrogen-bond acceptors (Lipinski definition) is 9. The van der Waals surface area contributed by atoms with Gasteiger partial charge in [0.2, 0.25) is 5.72 Å². The maximum absolute atomic E-state index is 13.6. The Morgan fingerprint density at radius 1 is 0.978 bits per heavy atom. The summed E-state index contributed by atoms with van der Waals surface area (Å²) in [6.45, 7) is 12.3. The number of nitrogens with one attached hydrogen (secondary N) is 4. The summed E-state index contributed by atoms with van der Waals surface area (Å²) in [5, 5.41) is 21.0. The quantitative estimate of drug-likeness (QED) is 0.128. The van der Waals surface area contributed by atoms with Crippen molar-refractivity contribution in [3.8, 4) is 0 Å². The van der Waals surface area contributed by atoms with Crippen molar-refractivity contribution in [1.82, 2.24) is 26.4 Å². The van der Waals surface area contributed by atoms with Crippen molar-refractivity contribution >= 4 is 24.0 Å². The number of amides is 4. The van der Waals surface area contributed by atoms with Crippen LogP contribution in [0, 0.1) is 17.8 Å². The summed E-state index contributed by atoms with van der Waals surface area (Å²) in [7, 11) is 0. The maximum Gasteiger partial charge on any atom is 0.409 e. The van der Waals surface area contributed by atoms with Crippen molar-refractivity contribution in [3.05, 3.63) is 35.9 Å². The molecule has 254 valence electrons. The molecule has 1 fully saturated rings. The summed E-state index contributed by atoms with van der Waals surface area (Å²) in [4.78, 5) is 51.6. The van der Waals surface area contributed by atoms with Crippen molar-refractivity contribution in [2.75, 3.05) is 39.5 Å². The lowest BCUT2D eigenvalue weighted by molar-refractivity contribution is -0.149. The Morgan fingerprint density at radius 3 is 2.18 bits per heavy atom. The Morgan fingerprint density at radius 2 is 1.60 bits per heavy atom. The molecule has 1 saturated heterocycles. The Labute approximate surface area is 267 Å². The minimum atomic E-state index is -2.24. The molecular formula is C32H53N5O8. The number of benzene rings is 1. The molecule has 1 aliphatic rings. The third-order valence-corrected chi connectivity index (χ3v) is 7.74. The summed E-state index contributed by atoms with van der Waals surface area (Å²) in [5.74, 6) is -1.90. The van der Waals surface area contributed by atoms with E-state index < -0.39 is 47.7 Å². The second-order valence-corrected chi connectivity index (χ2v) is 12.0. The highest BCUT2D eigenvalue weighted by atomic mass is 16.6. The van der Waals surface area contributed by atoms with E-state index in [9.17, 15) is 24.3 Å². The average molecular weight is 636 g/mol. The number of nitrogens with zero attached hydrogens (tertiary/aromatic N) is 1. The molecule has 1 aromatic carbocycles. The molecule has 0 spiro atoms. The lowest BCUT2D eigenvalue weighted by atomic mass is 9.97. The third kappa shape index (κ3) is 12.8. The van der Waals surface area contributed by atoms with Gasteiger partial charge in [0.05, 0.1) is 13.2 Å². The smallest absolute Gasteiger partial charge is 0.409 e. The van der Waals surface area contributed by atoms with Gasteiger partial charge < -0.3 is 30.0 Å². The first-order valence-electron chi connectivity index (χ1n) is 16.0. The van der Waals surface area contributed by atoms with E-state index in [0.29, 0.717) is 32.6 Å². The largest absolute Gasteiger partial charge is 0.450 e. The molecular weight excluding hydrogens is 582 g/mol. The molecule has 0 unspecified atom stereocenters. The second-order valence-electron chi connectivity index (χ2n) is 12.0. The van der Waals surface area contributed by atoms with Crippen LogP contribution in [0.2, 0.25) is 0 Å². The topological polar surface area (TPSA) is 168 Å². The minimum Gasteiger partial charge on any atom is -0.450 e. The Bertz CT molecular complexity index is 1070. The number of ether oxygens (including phenoxy) is 3. The van der Waals surface area contributed by atoms with Crippen molar-refractivity contribution in [1.29, 1.82) is 0 Å². The summed E-state index contributed by atoms with van der Waals surface area (Å²) in [6.07, 6.45) is 1.09. The van der Waals surface area contributed by atoms with Crippen LogP contribution in [-0.4, -0.2) is 91.4 Å². The average Bonchev–Trinajstić information content (AvgIpc) is 2.99. The third-order valence-electron chi connectivity index (χ3n) is 7.74. The van der Waals surface area contributed by atoms with Crippen molar-refractivity contribution in [3.63, 3.8) is 0 Å². The summed E-state index contributed by atoms with van der Waals surface area (Å²) >= 11 is 0. The molecule has 5 N–H and O–H groups in total. The molecule has 13 nitrogen and oxygen atoms in total. The number of aryl methyl sites for hydroxylation is 1. The van der Waals surface area contributed by atoms with Crippen LogP contribution in [0.5, 0.6) is 0 Å². The monoisotopic (exact) mass is 635 g/mol. The van der Waals surface area contributed by atoms with E-state index in [1.165, 1.54) is 0 Å². The predicted octanol–water partition coefficient (Wildman–Crippen LogP) is 2.73. The number of hydrazine groups is 1. The second kappa shape index (κ2) is 19.2. The molecule has 1 aromatic rings. The molecule has 0 aromatic heterocycles. The molecule has 4 amide bonds. The molecule has 3 atom stereocenters. The Kier molecular flexibility index (Phi) is 16.1. The van der Waals surface area contributed by atoms with Crippen LogP contribution >= 0.6 is 0 Å². The number of alkyl carbamates (subject to hydrolysis) is 2. The first kappa shape index (κ1) is 37.8. The normalized spacial score (nSPS) is 16.4. The molecule has 1 aliphatic heterocycles. The van der Waals surface area contributed by atoms with Gasteiger partial charge >= 0.3 is 12.2 Å². The summed E-state index contributed by atoms with van der Waals surface area (Å²) < 4.78 is 15.5. The molecule has 0 radical (unpaired) electrons. The highest BCUT2D eigenvalue weighted by Crippen LogP contribution is 2.19. The van der Waals surface area contributed by atoms with Crippen molar-refractivity contribution < 1.29 is 38.5 Å². The van der Waals surface area contributed by atoms with Gasteiger partial charge in [0, 0.05) is 38.3 Å². The van der Waals surface area contributed by atoms with Crippen LogP contribution in [0.25, 0.3) is 0 Å². The minimum absolute atomic E-state index is 0.0740. The molecule has 0 bridgehead atoms. The van der Waals surface area contributed by atoms with Gasteiger partial charge in [-0.25, -0.2) is 14.6 Å². The first-order valence-corrected chi connectivity index (χ1v) is 16.0. The standard InChI is InChI=1S/C32H53N5O8/c1-7-44-30(40)34-27(22(3)4)28(38)36-37(20-25-16-18-43-19-17-25)21-26(15-14-24-12-10-9-11-13-24)33-29(39)32(42,23(5)6)35-31(41)45-8-2/h9-13,22-23,25-27,42H,7-8,14-21H2,1-6H3,(H,33,39)(H,34,40)(H,35,41)(H,36,38)/t26-,27-,32+/m0/s1. The predicted molar refractivity (Wildman–Crippen MR) is 169 cm³/mol. The van der Waals surface area contributed by atoms with E-state index >= 15 is 0 Å². The molecule has 0 saturated carbocycles. The van der Waals surface area contributed by atoms with Gasteiger partial charge in [0.25, 0.3) is 11.8 Å². The van der Waals surface area contributed by atoms with E-state index in [0.717, 1.165) is 18.4 Å². The molecule has 13 heteroatoms. The zero-order valence-corrected chi connectivity index (χ0v) is 27.6. The lowest BCUT2D eigenvalue weighted by Gasteiger charge is -2.36. The van der Waals surface area contributed by atoms with Crippen molar-refractivity contribution in [2.45, 2.75) is 85.0 Å². The number of hydrogen-bond donors (Lipinski definition) is 5. The Hall–Kier alpha value is -3.42. The number of carbonyl (C=O) groups is 4. The highest BCUT2D eigenvalue weighted by Gasteiger charge is 2.42. The maximum atomic E-state index is 13.6. The Balaban J connectivity index is 2.34.